The molecule has 0 spiro atoms. The SMILES string of the molecule is Cc1nc2ccc(NCCSCCCO)nn2n1. The van der Waals surface area contributed by atoms with E-state index < -0.39 is 0 Å². The van der Waals surface area contributed by atoms with Crippen LogP contribution in [-0.4, -0.2) is 49.6 Å². The lowest BCUT2D eigenvalue weighted by molar-refractivity contribution is 0.296. The molecule has 0 amide bonds. The number of hydrogen-bond acceptors (Lipinski definition) is 6. The van der Waals surface area contributed by atoms with E-state index in [1.165, 1.54) is 4.63 Å². The summed E-state index contributed by atoms with van der Waals surface area (Å²) in [5, 5.41) is 20.4. The van der Waals surface area contributed by atoms with Crippen molar-refractivity contribution in [1.82, 2.24) is 19.8 Å². The van der Waals surface area contributed by atoms with Crippen molar-refractivity contribution in [2.75, 3.05) is 30.0 Å². The highest BCUT2D eigenvalue weighted by molar-refractivity contribution is 7.99. The zero-order valence-corrected chi connectivity index (χ0v) is 11.2. The van der Waals surface area contributed by atoms with Crippen LogP contribution in [0.25, 0.3) is 5.65 Å². The van der Waals surface area contributed by atoms with Gasteiger partial charge < -0.3 is 10.4 Å². The summed E-state index contributed by atoms with van der Waals surface area (Å²) >= 11 is 1.82. The fourth-order valence-electron chi connectivity index (χ4n) is 1.50. The molecule has 98 valence electrons. The molecule has 0 aliphatic rings. The van der Waals surface area contributed by atoms with Gasteiger partial charge in [-0.05, 0) is 31.2 Å². The van der Waals surface area contributed by atoms with Crippen LogP contribution in [-0.2, 0) is 0 Å². The van der Waals surface area contributed by atoms with Gasteiger partial charge in [-0.2, -0.15) is 11.8 Å². The van der Waals surface area contributed by atoms with Crippen LogP contribution in [0.1, 0.15) is 12.2 Å². The smallest absolute Gasteiger partial charge is 0.176 e. The van der Waals surface area contributed by atoms with Crippen LogP contribution >= 0.6 is 11.8 Å². The number of aromatic nitrogens is 4. The zero-order valence-electron chi connectivity index (χ0n) is 10.3. The Bertz CT molecular complexity index is 501. The van der Waals surface area contributed by atoms with Crippen molar-refractivity contribution in [1.29, 1.82) is 0 Å². The van der Waals surface area contributed by atoms with Gasteiger partial charge in [-0.3, -0.25) is 0 Å². The van der Waals surface area contributed by atoms with Crippen molar-refractivity contribution >= 4 is 23.2 Å². The van der Waals surface area contributed by atoms with Crippen LogP contribution in [0.2, 0.25) is 0 Å². The van der Waals surface area contributed by atoms with Gasteiger partial charge in [0, 0.05) is 18.9 Å². The standard InChI is InChI=1S/C11H17N5OS/c1-9-13-11-4-3-10(15-16(11)14-9)12-5-8-18-7-2-6-17/h3-4,17H,2,5-8H2,1H3,(H,12,15). The highest BCUT2D eigenvalue weighted by atomic mass is 32.2. The molecule has 18 heavy (non-hydrogen) atoms. The molecule has 7 heteroatoms. The van der Waals surface area contributed by atoms with Crippen LogP contribution < -0.4 is 5.32 Å². The minimum absolute atomic E-state index is 0.268. The number of hydrogen-bond donors (Lipinski definition) is 2. The third-order valence-electron chi connectivity index (χ3n) is 2.31. The molecule has 0 saturated carbocycles. The molecule has 0 saturated heterocycles. The molecule has 2 N–H and O–H groups in total. The maximum Gasteiger partial charge on any atom is 0.176 e. The van der Waals surface area contributed by atoms with Gasteiger partial charge >= 0.3 is 0 Å². The van der Waals surface area contributed by atoms with E-state index in [1.807, 2.05) is 30.8 Å². The van der Waals surface area contributed by atoms with E-state index in [-0.39, 0.29) is 6.61 Å². The molecule has 0 aliphatic carbocycles. The number of aryl methyl sites for hydroxylation is 1. The average Bonchev–Trinajstić information content (AvgIpc) is 2.73. The third-order valence-corrected chi connectivity index (χ3v) is 3.38. The predicted molar refractivity (Wildman–Crippen MR) is 73.0 cm³/mol. The van der Waals surface area contributed by atoms with Gasteiger partial charge in [0.05, 0.1) is 0 Å². The van der Waals surface area contributed by atoms with Crippen molar-refractivity contribution in [2.45, 2.75) is 13.3 Å². The van der Waals surface area contributed by atoms with Gasteiger partial charge in [-0.1, -0.05) is 0 Å². The summed E-state index contributed by atoms with van der Waals surface area (Å²) in [6.45, 7) is 2.96. The molecule has 2 aromatic rings. The van der Waals surface area contributed by atoms with Crippen molar-refractivity contribution < 1.29 is 5.11 Å². The summed E-state index contributed by atoms with van der Waals surface area (Å²) in [6, 6.07) is 3.80. The lowest BCUT2D eigenvalue weighted by Crippen LogP contribution is -2.08. The third kappa shape index (κ3) is 3.58. The van der Waals surface area contributed by atoms with E-state index in [1.54, 1.807) is 0 Å². The Morgan fingerprint density at radius 1 is 1.33 bits per heavy atom. The molecular formula is C11H17N5OS. The Balaban J connectivity index is 1.80. The van der Waals surface area contributed by atoms with Gasteiger partial charge in [-0.15, -0.1) is 14.8 Å². The van der Waals surface area contributed by atoms with Gasteiger partial charge in [-0.25, -0.2) is 4.98 Å². The summed E-state index contributed by atoms with van der Waals surface area (Å²) in [5.74, 6) is 3.51. The molecule has 0 fully saturated rings. The fraction of sp³-hybridized carbons (Fsp3) is 0.545. The second kappa shape index (κ2) is 6.55. The summed E-state index contributed by atoms with van der Waals surface area (Å²) in [4.78, 5) is 4.22. The van der Waals surface area contributed by atoms with Gasteiger partial charge in [0.15, 0.2) is 5.65 Å². The first kappa shape index (κ1) is 13.1. The average molecular weight is 267 g/mol. The number of aliphatic hydroxyl groups is 1. The quantitative estimate of drug-likeness (QED) is 0.728. The number of rotatable bonds is 7. The Hall–Kier alpha value is -1.34. The Morgan fingerprint density at radius 3 is 3.06 bits per heavy atom. The lowest BCUT2D eigenvalue weighted by Gasteiger charge is -2.04. The monoisotopic (exact) mass is 267 g/mol. The Kier molecular flexibility index (Phi) is 4.77. The Labute approximate surface area is 110 Å². The number of nitrogens with one attached hydrogen (secondary N) is 1. The van der Waals surface area contributed by atoms with Crippen LogP contribution in [0.15, 0.2) is 12.1 Å². The van der Waals surface area contributed by atoms with Gasteiger partial charge in [0.2, 0.25) is 0 Å². The van der Waals surface area contributed by atoms with E-state index >= 15 is 0 Å². The topological polar surface area (TPSA) is 75.3 Å². The molecule has 6 nitrogen and oxygen atoms in total. The van der Waals surface area contributed by atoms with E-state index in [0.717, 1.165) is 41.8 Å². The molecule has 0 bridgehead atoms. The zero-order chi connectivity index (χ0) is 12.8. The molecule has 0 atom stereocenters. The first-order valence-electron chi connectivity index (χ1n) is 5.93. The molecule has 0 unspecified atom stereocenters. The van der Waals surface area contributed by atoms with Crippen LogP contribution in [0.3, 0.4) is 0 Å². The molecule has 0 aromatic carbocycles. The maximum atomic E-state index is 8.65. The van der Waals surface area contributed by atoms with E-state index in [4.69, 9.17) is 5.11 Å². The summed E-state index contributed by atoms with van der Waals surface area (Å²) < 4.78 is 1.54. The number of fused-ring (bicyclic) bond motifs is 1. The van der Waals surface area contributed by atoms with Crippen molar-refractivity contribution in [3.05, 3.63) is 18.0 Å². The van der Waals surface area contributed by atoms with E-state index in [9.17, 15) is 0 Å². The fourth-order valence-corrected chi connectivity index (χ4v) is 2.29. The summed E-state index contributed by atoms with van der Waals surface area (Å²) in [7, 11) is 0. The van der Waals surface area contributed by atoms with E-state index in [2.05, 4.69) is 20.5 Å². The highest BCUT2D eigenvalue weighted by Crippen LogP contribution is 2.06. The first-order valence-corrected chi connectivity index (χ1v) is 7.08. The largest absolute Gasteiger partial charge is 0.396 e. The second-order valence-electron chi connectivity index (χ2n) is 3.84. The molecule has 2 aromatic heterocycles. The maximum absolute atomic E-state index is 8.65. The van der Waals surface area contributed by atoms with Crippen molar-refractivity contribution in [3.63, 3.8) is 0 Å². The van der Waals surface area contributed by atoms with Crippen molar-refractivity contribution in [3.8, 4) is 0 Å². The normalized spacial score (nSPS) is 11.0. The van der Waals surface area contributed by atoms with Gasteiger partial charge in [0.25, 0.3) is 0 Å². The van der Waals surface area contributed by atoms with Crippen LogP contribution in [0.4, 0.5) is 5.82 Å². The predicted octanol–water partition coefficient (Wildman–Crippen LogP) is 0.960. The molecular weight excluding hydrogens is 250 g/mol. The van der Waals surface area contributed by atoms with Crippen molar-refractivity contribution in [2.24, 2.45) is 0 Å². The second-order valence-corrected chi connectivity index (χ2v) is 5.07. The molecule has 0 radical (unpaired) electrons. The number of thioether (sulfide) groups is 1. The minimum Gasteiger partial charge on any atom is -0.396 e. The lowest BCUT2D eigenvalue weighted by atomic mass is 10.5. The summed E-state index contributed by atoms with van der Waals surface area (Å²) in [6.07, 6.45) is 0.854. The Morgan fingerprint density at radius 2 is 2.22 bits per heavy atom. The highest BCUT2D eigenvalue weighted by Gasteiger charge is 2.01. The van der Waals surface area contributed by atoms with Gasteiger partial charge in [0.1, 0.15) is 11.6 Å². The number of aliphatic hydroxyl groups excluding tert-OH is 1. The summed E-state index contributed by atoms with van der Waals surface area (Å²) in [5.41, 5.74) is 0.760. The molecule has 0 aliphatic heterocycles. The van der Waals surface area contributed by atoms with Crippen LogP contribution in [0.5, 0.6) is 0 Å². The number of anilines is 1. The van der Waals surface area contributed by atoms with E-state index in [0.29, 0.717) is 0 Å². The number of nitrogens with zero attached hydrogens (tertiary/aromatic N) is 4. The molecule has 2 rings (SSSR count). The molecule has 2 heterocycles. The first-order chi connectivity index (χ1) is 8.79. The minimum atomic E-state index is 0.268. The van der Waals surface area contributed by atoms with Crippen LogP contribution in [0, 0.1) is 6.92 Å².